The van der Waals surface area contributed by atoms with Crippen LogP contribution in [0.25, 0.3) is 11.5 Å². The highest BCUT2D eigenvalue weighted by atomic mass is 19.1. The van der Waals surface area contributed by atoms with E-state index in [-0.39, 0.29) is 19.3 Å². The Labute approximate surface area is 217 Å². The van der Waals surface area contributed by atoms with Gasteiger partial charge in [0.15, 0.2) is 12.2 Å². The molecule has 1 unspecified atom stereocenters. The summed E-state index contributed by atoms with van der Waals surface area (Å²) in [6.07, 6.45) is 9.69. The van der Waals surface area contributed by atoms with E-state index < -0.39 is 12.8 Å². The zero-order valence-corrected chi connectivity index (χ0v) is 20.3. The molecule has 5 heterocycles. The number of halogens is 1. The fourth-order valence-corrected chi connectivity index (χ4v) is 3.86. The Morgan fingerprint density at radius 1 is 0.974 bits per heavy atom. The molecule has 0 aliphatic carbocycles. The van der Waals surface area contributed by atoms with E-state index in [4.69, 9.17) is 9.15 Å². The lowest BCUT2D eigenvalue weighted by atomic mass is 10.2. The number of ether oxygens (including phenoxy) is 1. The Balaban J connectivity index is 1.24. The molecule has 4 aromatic heterocycles. The van der Waals surface area contributed by atoms with Gasteiger partial charge in [0.1, 0.15) is 31.1 Å². The largest absolute Gasteiger partial charge is 0.442 e. The Bertz CT molecular complexity index is 1350. The number of nitrogens with zero attached hydrogens (tertiary/aromatic N) is 9. The second-order valence-corrected chi connectivity index (χ2v) is 8.40. The molecule has 12 nitrogen and oxygen atoms in total. The van der Waals surface area contributed by atoms with Crippen molar-refractivity contribution in [2.24, 2.45) is 0 Å². The molecule has 2 atom stereocenters. The molecule has 4 aromatic rings. The van der Waals surface area contributed by atoms with Crippen molar-refractivity contribution in [3.8, 4) is 23.3 Å². The molecule has 0 aromatic carbocycles. The molecule has 0 bridgehead atoms. The van der Waals surface area contributed by atoms with Crippen LogP contribution in [0, 0.1) is 11.8 Å². The topological polar surface area (TPSA) is 139 Å². The average molecular weight is 518 g/mol. The smallest absolute Gasteiger partial charge is 0.228 e. The Morgan fingerprint density at radius 2 is 1.76 bits per heavy atom. The van der Waals surface area contributed by atoms with E-state index in [0.29, 0.717) is 48.5 Å². The highest BCUT2D eigenvalue weighted by Crippen LogP contribution is 2.20. The normalized spacial score (nSPS) is 16.1. The van der Waals surface area contributed by atoms with Crippen molar-refractivity contribution >= 4 is 11.9 Å². The summed E-state index contributed by atoms with van der Waals surface area (Å²) in [4.78, 5) is 33.6. The molecular formula is C25H24FN9O3. The quantitative estimate of drug-likeness (QED) is 0.335. The first-order chi connectivity index (χ1) is 18.7. The summed E-state index contributed by atoms with van der Waals surface area (Å²) in [5, 5.41) is 9.50. The van der Waals surface area contributed by atoms with Crippen molar-refractivity contribution in [3.05, 3.63) is 67.1 Å². The fourth-order valence-electron chi connectivity index (χ4n) is 3.86. The van der Waals surface area contributed by atoms with Crippen LogP contribution in [0.5, 0.6) is 0 Å². The third-order valence-electron chi connectivity index (χ3n) is 5.74. The molecule has 0 radical (unpaired) electrons. The summed E-state index contributed by atoms with van der Waals surface area (Å²) in [6, 6.07) is 3.50. The number of aliphatic hydroxyl groups excluding tert-OH is 1. The number of oxazole rings is 1. The van der Waals surface area contributed by atoms with Gasteiger partial charge in [-0.1, -0.05) is 11.8 Å². The zero-order valence-electron chi connectivity index (χ0n) is 20.3. The van der Waals surface area contributed by atoms with E-state index >= 15 is 0 Å². The number of rotatable bonds is 8. The zero-order chi connectivity index (χ0) is 26.2. The number of pyridine rings is 1. The van der Waals surface area contributed by atoms with Gasteiger partial charge < -0.3 is 24.1 Å². The Hall–Kier alpha value is -4.54. The van der Waals surface area contributed by atoms with Gasteiger partial charge in [-0.3, -0.25) is 4.98 Å². The standard InChI is InChI=1S/C25H24FN9O3/c26-7-21(36)14-37-13-20-12-34(5-6-35(20)25-32-15-28-16-33-25)24-30-9-19(10-31-24)2-1-18-3-4-22(29-8-18)23-11-27-17-38-23/h3-4,8-11,15-17,20-21,36H,5-7,12-14H2/t20-,21?/m1/s1. The lowest BCUT2D eigenvalue weighted by molar-refractivity contribution is 0.0184. The maximum Gasteiger partial charge on any atom is 0.228 e. The van der Waals surface area contributed by atoms with Crippen LogP contribution in [-0.2, 0) is 4.74 Å². The van der Waals surface area contributed by atoms with Crippen molar-refractivity contribution in [1.82, 2.24) is 34.9 Å². The Morgan fingerprint density at radius 3 is 2.47 bits per heavy atom. The van der Waals surface area contributed by atoms with Crippen molar-refractivity contribution in [1.29, 1.82) is 0 Å². The van der Waals surface area contributed by atoms with Crippen molar-refractivity contribution in [2.75, 3.05) is 49.3 Å². The summed E-state index contributed by atoms with van der Waals surface area (Å²) < 4.78 is 23.4. The first-order valence-corrected chi connectivity index (χ1v) is 11.8. The molecule has 0 amide bonds. The summed E-state index contributed by atoms with van der Waals surface area (Å²) in [5.41, 5.74) is 2.09. The minimum absolute atomic E-state index is 0.0970. The van der Waals surface area contributed by atoms with Crippen LogP contribution in [0.15, 0.2) is 60.4 Å². The van der Waals surface area contributed by atoms with E-state index in [2.05, 4.69) is 46.7 Å². The van der Waals surface area contributed by atoms with Gasteiger partial charge in [0.05, 0.1) is 31.0 Å². The van der Waals surface area contributed by atoms with Crippen LogP contribution in [-0.4, -0.2) is 91.7 Å². The van der Waals surface area contributed by atoms with Gasteiger partial charge >= 0.3 is 0 Å². The molecule has 13 heteroatoms. The number of piperazine rings is 1. The number of hydrogen-bond donors (Lipinski definition) is 1. The predicted molar refractivity (Wildman–Crippen MR) is 134 cm³/mol. The first kappa shape index (κ1) is 25.1. The average Bonchev–Trinajstić information content (AvgIpc) is 3.52. The minimum Gasteiger partial charge on any atom is -0.442 e. The third kappa shape index (κ3) is 6.23. The molecule has 194 valence electrons. The van der Waals surface area contributed by atoms with Crippen molar-refractivity contribution in [3.63, 3.8) is 0 Å². The van der Waals surface area contributed by atoms with Crippen molar-refractivity contribution < 1.29 is 18.7 Å². The summed E-state index contributed by atoms with van der Waals surface area (Å²) in [6.45, 7) is 1.02. The summed E-state index contributed by atoms with van der Waals surface area (Å²) in [5.74, 6) is 7.78. The molecule has 1 N–H and O–H groups in total. The second kappa shape index (κ2) is 12.1. The van der Waals surface area contributed by atoms with Crippen LogP contribution >= 0.6 is 0 Å². The number of aromatic nitrogens is 7. The van der Waals surface area contributed by atoms with Crippen LogP contribution in [0.1, 0.15) is 11.1 Å². The van der Waals surface area contributed by atoms with E-state index in [1.807, 2.05) is 21.9 Å². The first-order valence-electron chi connectivity index (χ1n) is 11.8. The summed E-state index contributed by atoms with van der Waals surface area (Å²) in [7, 11) is 0. The number of hydrogen-bond acceptors (Lipinski definition) is 12. The van der Waals surface area contributed by atoms with Crippen LogP contribution in [0.4, 0.5) is 16.3 Å². The van der Waals surface area contributed by atoms with Gasteiger partial charge in [0.2, 0.25) is 11.9 Å². The van der Waals surface area contributed by atoms with Gasteiger partial charge in [-0.2, -0.15) is 0 Å². The van der Waals surface area contributed by atoms with Crippen LogP contribution < -0.4 is 9.80 Å². The van der Waals surface area contributed by atoms with Gasteiger partial charge in [0, 0.05) is 43.8 Å². The molecule has 1 fully saturated rings. The Kier molecular flexibility index (Phi) is 8.02. The van der Waals surface area contributed by atoms with Crippen LogP contribution in [0.3, 0.4) is 0 Å². The molecule has 1 aliphatic rings. The summed E-state index contributed by atoms with van der Waals surface area (Å²) >= 11 is 0. The van der Waals surface area contributed by atoms with E-state index in [0.717, 1.165) is 5.56 Å². The molecular weight excluding hydrogens is 493 g/mol. The third-order valence-corrected chi connectivity index (χ3v) is 5.74. The van der Waals surface area contributed by atoms with E-state index in [1.54, 1.807) is 24.8 Å². The predicted octanol–water partition coefficient (Wildman–Crippen LogP) is 1.15. The van der Waals surface area contributed by atoms with Gasteiger partial charge in [-0.25, -0.2) is 34.3 Å². The van der Waals surface area contributed by atoms with Crippen LogP contribution in [0.2, 0.25) is 0 Å². The SMILES string of the molecule is OC(CF)COC[C@H]1CN(c2ncc(C#Cc3ccc(-c4cnco4)nc3)cn2)CCN1c1ncncn1. The lowest BCUT2D eigenvalue weighted by Gasteiger charge is -2.41. The molecule has 0 saturated carbocycles. The van der Waals surface area contributed by atoms with Gasteiger partial charge in [-0.05, 0) is 12.1 Å². The molecule has 1 saturated heterocycles. The second-order valence-electron chi connectivity index (χ2n) is 8.40. The monoisotopic (exact) mass is 517 g/mol. The number of aliphatic hydroxyl groups is 1. The maximum atomic E-state index is 12.6. The molecule has 5 rings (SSSR count). The molecule has 0 spiro atoms. The van der Waals surface area contributed by atoms with Crippen molar-refractivity contribution in [2.45, 2.75) is 12.1 Å². The number of anilines is 2. The molecule has 38 heavy (non-hydrogen) atoms. The highest BCUT2D eigenvalue weighted by Gasteiger charge is 2.30. The van der Waals surface area contributed by atoms with E-state index in [1.165, 1.54) is 19.0 Å². The van der Waals surface area contributed by atoms with Gasteiger partial charge in [-0.15, -0.1) is 0 Å². The highest BCUT2D eigenvalue weighted by molar-refractivity contribution is 5.52. The van der Waals surface area contributed by atoms with Gasteiger partial charge in [0.25, 0.3) is 0 Å². The van der Waals surface area contributed by atoms with E-state index in [9.17, 15) is 9.50 Å². The molecule has 1 aliphatic heterocycles. The maximum absolute atomic E-state index is 12.6. The number of alkyl halides is 1. The minimum atomic E-state index is -1.15. The fraction of sp³-hybridized carbons (Fsp3) is 0.320. The lowest BCUT2D eigenvalue weighted by Crippen LogP contribution is -2.56.